The predicted molar refractivity (Wildman–Crippen MR) is 104 cm³/mol. The highest BCUT2D eigenvalue weighted by molar-refractivity contribution is 6.31. The maximum absolute atomic E-state index is 12.1. The Morgan fingerprint density at radius 3 is 3.04 bits per heavy atom. The molecule has 0 spiro atoms. The molecular formula is C21H21ClN2O2. The summed E-state index contributed by atoms with van der Waals surface area (Å²) in [6.45, 7) is 1.38. The number of aryl methyl sites for hydroxylation is 1. The third kappa shape index (κ3) is 3.70. The molecule has 0 saturated heterocycles. The molecule has 2 heterocycles. The molecule has 0 bridgehead atoms. The van der Waals surface area contributed by atoms with E-state index in [0.717, 1.165) is 47.5 Å². The highest BCUT2D eigenvalue weighted by Crippen LogP contribution is 2.26. The van der Waals surface area contributed by atoms with Gasteiger partial charge in [0.25, 0.3) is 0 Å². The highest BCUT2D eigenvalue weighted by Gasteiger charge is 2.12. The van der Waals surface area contributed by atoms with Crippen LogP contribution in [0.15, 0.2) is 42.6 Å². The van der Waals surface area contributed by atoms with Crippen LogP contribution in [0.5, 0.6) is 5.75 Å². The van der Waals surface area contributed by atoms with Crippen LogP contribution < -0.4 is 10.1 Å². The van der Waals surface area contributed by atoms with E-state index in [2.05, 4.69) is 16.4 Å². The van der Waals surface area contributed by atoms with Gasteiger partial charge in [-0.3, -0.25) is 4.79 Å². The van der Waals surface area contributed by atoms with Crippen LogP contribution in [0.3, 0.4) is 0 Å². The van der Waals surface area contributed by atoms with Gasteiger partial charge >= 0.3 is 0 Å². The summed E-state index contributed by atoms with van der Waals surface area (Å²) in [6, 6.07) is 12.0. The van der Waals surface area contributed by atoms with E-state index in [-0.39, 0.29) is 5.91 Å². The number of amides is 1. The second-order valence-corrected chi connectivity index (χ2v) is 7.08. The molecule has 4 nitrogen and oxygen atoms in total. The minimum atomic E-state index is 0.0830. The normalized spacial score (nSPS) is 12.8. The lowest BCUT2D eigenvalue weighted by Crippen LogP contribution is -2.25. The minimum absolute atomic E-state index is 0.0830. The highest BCUT2D eigenvalue weighted by atomic mass is 35.5. The number of hydrogen-bond acceptors (Lipinski definition) is 2. The predicted octanol–water partition coefficient (Wildman–Crippen LogP) is 4.05. The Hall–Kier alpha value is -2.46. The van der Waals surface area contributed by atoms with E-state index < -0.39 is 0 Å². The van der Waals surface area contributed by atoms with Crippen LogP contribution in [0.25, 0.3) is 10.9 Å². The Kier molecular flexibility index (Phi) is 4.85. The van der Waals surface area contributed by atoms with Crippen molar-refractivity contribution in [1.82, 2.24) is 10.3 Å². The lowest BCUT2D eigenvalue weighted by Gasteiger charge is -2.06. The number of ether oxygens (including phenoxy) is 1. The quantitative estimate of drug-likeness (QED) is 0.689. The number of nitrogens with one attached hydrogen (secondary N) is 2. The van der Waals surface area contributed by atoms with Crippen molar-refractivity contribution in [2.24, 2.45) is 0 Å². The van der Waals surface area contributed by atoms with Crippen molar-refractivity contribution >= 4 is 28.4 Å². The lowest BCUT2D eigenvalue weighted by atomic mass is 10.0. The number of aromatic amines is 1. The SMILES string of the molecule is O=C(CCc1ccc2c(c1)CCO2)NCCc1c[nH]c2ccc(Cl)cc12. The zero-order valence-corrected chi connectivity index (χ0v) is 15.2. The van der Waals surface area contributed by atoms with E-state index >= 15 is 0 Å². The first-order valence-electron chi connectivity index (χ1n) is 8.96. The Labute approximate surface area is 157 Å². The molecule has 3 aromatic rings. The number of fused-ring (bicyclic) bond motifs is 2. The van der Waals surface area contributed by atoms with Gasteiger partial charge in [-0.2, -0.15) is 0 Å². The Balaban J connectivity index is 1.27. The smallest absolute Gasteiger partial charge is 0.220 e. The molecule has 0 radical (unpaired) electrons. The molecule has 0 atom stereocenters. The van der Waals surface area contributed by atoms with Crippen molar-refractivity contribution in [3.05, 3.63) is 64.3 Å². The van der Waals surface area contributed by atoms with E-state index in [1.54, 1.807) is 0 Å². The maximum atomic E-state index is 12.1. The molecule has 5 heteroatoms. The zero-order valence-electron chi connectivity index (χ0n) is 14.5. The Morgan fingerprint density at radius 1 is 1.19 bits per heavy atom. The number of rotatable bonds is 6. The standard InChI is InChI=1S/C21H21ClN2O2/c22-17-3-4-19-18(12-17)16(13-24-19)7-9-23-21(25)6-2-14-1-5-20-15(11-14)8-10-26-20/h1,3-5,11-13,24H,2,6-10H2,(H,23,25). The Bertz CT molecular complexity index is 948. The van der Waals surface area contributed by atoms with Crippen LogP contribution in [-0.4, -0.2) is 24.0 Å². The van der Waals surface area contributed by atoms with Gasteiger partial charge in [-0.25, -0.2) is 0 Å². The summed E-state index contributed by atoms with van der Waals surface area (Å²) in [5, 5.41) is 4.85. The molecule has 0 aliphatic carbocycles. The van der Waals surface area contributed by atoms with Gasteiger partial charge in [-0.05, 0) is 53.8 Å². The van der Waals surface area contributed by atoms with Crippen LogP contribution >= 0.6 is 11.6 Å². The average Bonchev–Trinajstić information content (AvgIpc) is 3.26. The van der Waals surface area contributed by atoms with Crippen molar-refractivity contribution < 1.29 is 9.53 Å². The zero-order chi connectivity index (χ0) is 17.9. The van der Waals surface area contributed by atoms with Gasteiger partial charge in [0.15, 0.2) is 0 Å². The number of carbonyl (C=O) groups is 1. The first-order valence-corrected chi connectivity index (χ1v) is 9.34. The molecule has 1 amide bonds. The van der Waals surface area contributed by atoms with Crippen molar-refractivity contribution in [2.45, 2.75) is 25.7 Å². The number of aromatic nitrogens is 1. The third-order valence-corrected chi connectivity index (χ3v) is 5.08. The fourth-order valence-corrected chi connectivity index (χ4v) is 3.61. The summed E-state index contributed by atoms with van der Waals surface area (Å²) in [6.07, 6.45) is 4.98. The van der Waals surface area contributed by atoms with Gasteiger partial charge in [0, 0.05) is 41.5 Å². The molecule has 0 saturated carbocycles. The number of halogens is 1. The second-order valence-electron chi connectivity index (χ2n) is 6.64. The van der Waals surface area contributed by atoms with Crippen molar-refractivity contribution in [3.63, 3.8) is 0 Å². The van der Waals surface area contributed by atoms with Gasteiger partial charge < -0.3 is 15.0 Å². The molecule has 2 aromatic carbocycles. The van der Waals surface area contributed by atoms with Crippen LogP contribution in [0.1, 0.15) is 23.1 Å². The molecule has 134 valence electrons. The van der Waals surface area contributed by atoms with Gasteiger partial charge in [-0.1, -0.05) is 23.7 Å². The summed E-state index contributed by atoms with van der Waals surface area (Å²) in [4.78, 5) is 15.4. The molecule has 26 heavy (non-hydrogen) atoms. The molecule has 0 fully saturated rings. The monoisotopic (exact) mass is 368 g/mol. The van der Waals surface area contributed by atoms with Crippen LogP contribution in [-0.2, 0) is 24.1 Å². The molecule has 1 aliphatic heterocycles. The van der Waals surface area contributed by atoms with Crippen LogP contribution in [0.2, 0.25) is 5.02 Å². The molecule has 0 unspecified atom stereocenters. The van der Waals surface area contributed by atoms with Crippen molar-refractivity contribution in [1.29, 1.82) is 0 Å². The molecular weight excluding hydrogens is 348 g/mol. The molecule has 1 aromatic heterocycles. The molecule has 4 rings (SSSR count). The van der Waals surface area contributed by atoms with Crippen molar-refractivity contribution in [2.75, 3.05) is 13.2 Å². The summed E-state index contributed by atoms with van der Waals surface area (Å²) >= 11 is 6.08. The summed E-state index contributed by atoms with van der Waals surface area (Å²) in [5.74, 6) is 1.07. The first-order chi connectivity index (χ1) is 12.7. The Morgan fingerprint density at radius 2 is 2.12 bits per heavy atom. The fraction of sp³-hybridized carbons (Fsp3) is 0.286. The molecule has 2 N–H and O–H groups in total. The van der Waals surface area contributed by atoms with Crippen molar-refractivity contribution in [3.8, 4) is 5.75 Å². The van der Waals surface area contributed by atoms with Crippen LogP contribution in [0, 0.1) is 0 Å². The lowest BCUT2D eigenvalue weighted by molar-refractivity contribution is -0.121. The number of hydrogen-bond donors (Lipinski definition) is 2. The molecule has 1 aliphatic rings. The number of benzene rings is 2. The fourth-order valence-electron chi connectivity index (χ4n) is 3.44. The van der Waals surface area contributed by atoms with Gasteiger partial charge in [-0.15, -0.1) is 0 Å². The van der Waals surface area contributed by atoms with Gasteiger partial charge in [0.05, 0.1) is 6.61 Å². The maximum Gasteiger partial charge on any atom is 0.220 e. The number of carbonyl (C=O) groups excluding carboxylic acids is 1. The first kappa shape index (κ1) is 17.0. The van der Waals surface area contributed by atoms with Gasteiger partial charge in [0.2, 0.25) is 5.91 Å². The van der Waals surface area contributed by atoms with E-state index in [4.69, 9.17) is 16.3 Å². The summed E-state index contributed by atoms with van der Waals surface area (Å²) in [7, 11) is 0. The third-order valence-electron chi connectivity index (χ3n) is 4.84. The van der Waals surface area contributed by atoms with E-state index in [1.165, 1.54) is 16.7 Å². The van der Waals surface area contributed by atoms with E-state index in [1.807, 2.05) is 36.5 Å². The summed E-state index contributed by atoms with van der Waals surface area (Å²) in [5.41, 5.74) is 4.68. The average molecular weight is 369 g/mol. The second kappa shape index (κ2) is 7.42. The van der Waals surface area contributed by atoms with E-state index in [0.29, 0.717) is 13.0 Å². The largest absolute Gasteiger partial charge is 0.493 e. The minimum Gasteiger partial charge on any atom is -0.493 e. The van der Waals surface area contributed by atoms with Gasteiger partial charge in [0.1, 0.15) is 5.75 Å². The van der Waals surface area contributed by atoms with Crippen LogP contribution in [0.4, 0.5) is 0 Å². The topological polar surface area (TPSA) is 54.1 Å². The van der Waals surface area contributed by atoms with E-state index in [9.17, 15) is 4.79 Å². The summed E-state index contributed by atoms with van der Waals surface area (Å²) < 4.78 is 5.52. The number of H-pyrrole nitrogens is 1.